The predicted molar refractivity (Wildman–Crippen MR) is 121 cm³/mol. The molecule has 0 spiro atoms. The van der Waals surface area contributed by atoms with E-state index < -0.39 is 0 Å². The summed E-state index contributed by atoms with van der Waals surface area (Å²) in [6.45, 7) is 7.18. The fraction of sp³-hybridized carbons (Fsp3) is 0.708. The van der Waals surface area contributed by atoms with Crippen LogP contribution in [0.1, 0.15) is 58.8 Å². The fourth-order valence-electron chi connectivity index (χ4n) is 5.34. The molecule has 2 heterocycles. The van der Waals surface area contributed by atoms with Crippen molar-refractivity contribution in [3.05, 3.63) is 21.2 Å². The maximum atomic E-state index is 13.1. The summed E-state index contributed by atoms with van der Waals surface area (Å²) in [7, 11) is 0. The lowest BCUT2D eigenvalue weighted by molar-refractivity contribution is -0.143. The van der Waals surface area contributed by atoms with E-state index in [1.54, 1.807) is 0 Å². The SMILES string of the molecule is CC(C)C(=O)N1CCN(C(=O)[C@@H]2CCC[C@@H](Cn3c(=O)[nH]c4c3=CCCC=4)CC2)CC1. The van der Waals surface area contributed by atoms with Gasteiger partial charge in [0.2, 0.25) is 11.8 Å². The smallest absolute Gasteiger partial charge is 0.326 e. The predicted octanol–water partition coefficient (Wildman–Crippen LogP) is 1.05. The van der Waals surface area contributed by atoms with Gasteiger partial charge in [-0.3, -0.25) is 14.2 Å². The van der Waals surface area contributed by atoms with Crippen LogP contribution >= 0.6 is 0 Å². The van der Waals surface area contributed by atoms with Gasteiger partial charge in [-0.2, -0.15) is 0 Å². The number of piperazine rings is 1. The first kappa shape index (κ1) is 21.9. The van der Waals surface area contributed by atoms with E-state index in [2.05, 4.69) is 17.1 Å². The number of hydrogen-bond donors (Lipinski definition) is 1. The summed E-state index contributed by atoms with van der Waals surface area (Å²) < 4.78 is 1.91. The van der Waals surface area contributed by atoms with E-state index in [-0.39, 0.29) is 29.3 Å². The lowest BCUT2D eigenvalue weighted by Crippen LogP contribution is -2.52. The summed E-state index contributed by atoms with van der Waals surface area (Å²) in [4.78, 5) is 44.6. The number of hydrogen-bond acceptors (Lipinski definition) is 3. The van der Waals surface area contributed by atoms with Crippen molar-refractivity contribution in [1.82, 2.24) is 19.4 Å². The Hall–Kier alpha value is -2.31. The zero-order valence-corrected chi connectivity index (χ0v) is 18.9. The molecule has 1 saturated heterocycles. The van der Waals surface area contributed by atoms with E-state index in [4.69, 9.17) is 0 Å². The maximum Gasteiger partial charge on any atom is 0.326 e. The van der Waals surface area contributed by atoms with E-state index in [0.29, 0.717) is 32.1 Å². The second-order valence-corrected chi connectivity index (χ2v) is 9.70. The molecular weight excluding hydrogens is 392 g/mol. The van der Waals surface area contributed by atoms with Crippen molar-refractivity contribution < 1.29 is 9.59 Å². The van der Waals surface area contributed by atoms with Crippen LogP contribution in [0, 0.1) is 17.8 Å². The number of nitrogens with one attached hydrogen (secondary N) is 1. The van der Waals surface area contributed by atoms with E-state index >= 15 is 0 Å². The molecule has 1 aromatic heterocycles. The molecule has 4 rings (SSSR count). The standard InChI is InChI=1S/C24H36N4O3/c1-17(2)22(29)26-12-14-27(15-13-26)23(30)19-7-5-6-18(10-11-19)16-28-21-9-4-3-8-20(21)25-24(28)31/h8-9,17-19H,3-7,10-16H2,1-2H3,(H,25,31)/t18-,19-/m1/s1. The molecule has 3 aliphatic rings. The number of amides is 2. The van der Waals surface area contributed by atoms with E-state index in [9.17, 15) is 14.4 Å². The number of imidazole rings is 1. The Bertz CT molecular complexity index is 981. The summed E-state index contributed by atoms with van der Waals surface area (Å²) in [5.41, 5.74) is -0.00918. The lowest BCUT2D eigenvalue weighted by Gasteiger charge is -2.37. The van der Waals surface area contributed by atoms with Gasteiger partial charge in [0.15, 0.2) is 0 Å². The monoisotopic (exact) mass is 428 g/mol. The van der Waals surface area contributed by atoms with Crippen molar-refractivity contribution in [2.24, 2.45) is 17.8 Å². The zero-order valence-electron chi connectivity index (χ0n) is 18.9. The van der Waals surface area contributed by atoms with Crippen LogP contribution in [0.3, 0.4) is 0 Å². The molecule has 1 aromatic rings. The molecule has 7 nitrogen and oxygen atoms in total. The molecule has 0 bridgehead atoms. The molecule has 1 N–H and O–H groups in total. The minimum atomic E-state index is -0.00918. The highest BCUT2D eigenvalue weighted by molar-refractivity contribution is 5.80. The van der Waals surface area contributed by atoms with Crippen molar-refractivity contribution in [2.45, 2.75) is 65.3 Å². The average molecular weight is 429 g/mol. The highest BCUT2D eigenvalue weighted by Crippen LogP contribution is 2.29. The van der Waals surface area contributed by atoms with Crippen molar-refractivity contribution in [1.29, 1.82) is 0 Å². The molecule has 31 heavy (non-hydrogen) atoms. The van der Waals surface area contributed by atoms with Gasteiger partial charge < -0.3 is 14.8 Å². The normalized spacial score (nSPS) is 24.2. The van der Waals surface area contributed by atoms with Gasteiger partial charge in [-0.1, -0.05) is 32.4 Å². The van der Waals surface area contributed by atoms with Crippen molar-refractivity contribution >= 4 is 24.0 Å². The topological polar surface area (TPSA) is 78.4 Å². The van der Waals surface area contributed by atoms with Gasteiger partial charge in [-0.15, -0.1) is 0 Å². The molecule has 0 radical (unpaired) electrons. The molecule has 1 aliphatic heterocycles. The third kappa shape index (κ3) is 4.80. The molecule has 2 atom stereocenters. The second kappa shape index (κ2) is 9.45. The fourth-order valence-corrected chi connectivity index (χ4v) is 5.34. The molecule has 2 fully saturated rings. The largest absolute Gasteiger partial charge is 0.339 e. The number of aromatic nitrogens is 2. The molecule has 0 unspecified atom stereocenters. The summed E-state index contributed by atoms with van der Waals surface area (Å²) in [6.07, 6.45) is 11.2. The molecule has 1 saturated carbocycles. The van der Waals surface area contributed by atoms with E-state index in [1.165, 1.54) is 0 Å². The molecule has 7 heteroatoms. The first-order valence-electron chi connectivity index (χ1n) is 12.0. The molecule has 2 amide bonds. The number of carbonyl (C=O) groups is 2. The van der Waals surface area contributed by atoms with Crippen molar-refractivity contribution in [3.63, 3.8) is 0 Å². The van der Waals surface area contributed by atoms with Gasteiger partial charge in [0.25, 0.3) is 0 Å². The Labute approximate surface area is 183 Å². The maximum absolute atomic E-state index is 13.1. The third-order valence-corrected chi connectivity index (χ3v) is 7.18. The molecule has 0 aromatic carbocycles. The first-order valence-corrected chi connectivity index (χ1v) is 12.0. The van der Waals surface area contributed by atoms with E-state index in [0.717, 1.165) is 62.2 Å². The summed E-state index contributed by atoms with van der Waals surface area (Å²) >= 11 is 0. The van der Waals surface area contributed by atoms with Crippen LogP contribution in [-0.2, 0) is 16.1 Å². The summed E-state index contributed by atoms with van der Waals surface area (Å²) in [5.74, 6) is 0.966. The first-order chi connectivity index (χ1) is 14.9. The van der Waals surface area contributed by atoms with Gasteiger partial charge in [-0.25, -0.2) is 4.79 Å². The number of rotatable bonds is 4. The third-order valence-electron chi connectivity index (χ3n) is 7.18. The highest BCUT2D eigenvalue weighted by atomic mass is 16.2. The minimum absolute atomic E-state index is 0.00896. The number of H-pyrrole nitrogens is 1. The zero-order chi connectivity index (χ0) is 22.0. The van der Waals surface area contributed by atoms with Gasteiger partial charge in [-0.05, 0) is 44.4 Å². The summed E-state index contributed by atoms with van der Waals surface area (Å²) in [5, 5.41) is 2.01. The number of nitrogens with zero attached hydrogens (tertiary/aromatic N) is 3. The second-order valence-electron chi connectivity index (χ2n) is 9.70. The number of carbonyl (C=O) groups excluding carboxylic acids is 2. The van der Waals surface area contributed by atoms with Crippen molar-refractivity contribution in [3.8, 4) is 0 Å². The van der Waals surface area contributed by atoms with Gasteiger partial charge in [0.05, 0.1) is 10.7 Å². The van der Waals surface area contributed by atoms with Crippen LogP contribution in [0.25, 0.3) is 12.2 Å². The van der Waals surface area contributed by atoms with Crippen LogP contribution in [-0.4, -0.2) is 57.3 Å². The van der Waals surface area contributed by atoms with Crippen LogP contribution < -0.4 is 16.4 Å². The van der Waals surface area contributed by atoms with Crippen LogP contribution in [0.5, 0.6) is 0 Å². The van der Waals surface area contributed by atoms with Crippen LogP contribution in [0.15, 0.2) is 4.79 Å². The Balaban J connectivity index is 1.33. The van der Waals surface area contributed by atoms with Gasteiger partial charge in [0.1, 0.15) is 0 Å². The number of aromatic amines is 1. The Morgan fingerprint density at radius 1 is 1.00 bits per heavy atom. The van der Waals surface area contributed by atoms with Gasteiger partial charge >= 0.3 is 5.69 Å². The quantitative estimate of drug-likeness (QED) is 0.729. The minimum Gasteiger partial charge on any atom is -0.339 e. The van der Waals surface area contributed by atoms with Crippen LogP contribution in [0.4, 0.5) is 0 Å². The van der Waals surface area contributed by atoms with E-state index in [1.807, 2.05) is 28.2 Å². The molecule has 2 aliphatic carbocycles. The lowest BCUT2D eigenvalue weighted by atomic mass is 9.96. The Morgan fingerprint density at radius 3 is 2.45 bits per heavy atom. The van der Waals surface area contributed by atoms with Crippen molar-refractivity contribution in [2.75, 3.05) is 26.2 Å². The molecular formula is C24H36N4O3. The summed E-state index contributed by atoms with van der Waals surface area (Å²) in [6, 6.07) is 0. The average Bonchev–Trinajstić information content (AvgIpc) is 2.93. The number of fused-ring (bicyclic) bond motifs is 1. The van der Waals surface area contributed by atoms with Crippen LogP contribution in [0.2, 0.25) is 0 Å². The molecule has 170 valence electrons. The van der Waals surface area contributed by atoms with Gasteiger partial charge in [0, 0.05) is 44.6 Å². The Morgan fingerprint density at radius 2 is 1.71 bits per heavy atom. The Kier molecular flexibility index (Phi) is 6.68. The highest BCUT2D eigenvalue weighted by Gasteiger charge is 2.31.